The van der Waals surface area contributed by atoms with Crippen molar-refractivity contribution < 1.29 is 24.2 Å². The standard InChI is InChI=1S/C15H31N3O5/c1-16-6-12-22-14(20)4-7-18(9-11-19)8-5-15(21)23-13-10-17(2)3/h16,19H,4-13H2,1-3H3. The van der Waals surface area contributed by atoms with Gasteiger partial charge in [-0.25, -0.2) is 0 Å². The Morgan fingerprint density at radius 2 is 1.52 bits per heavy atom. The van der Waals surface area contributed by atoms with Gasteiger partial charge in [0.2, 0.25) is 0 Å². The molecular weight excluding hydrogens is 302 g/mol. The first-order valence-electron chi connectivity index (χ1n) is 7.93. The van der Waals surface area contributed by atoms with Crippen molar-refractivity contribution in [2.45, 2.75) is 12.8 Å². The molecule has 2 N–H and O–H groups in total. The molecule has 0 aromatic heterocycles. The van der Waals surface area contributed by atoms with E-state index in [1.165, 1.54) is 0 Å². The Labute approximate surface area is 138 Å². The van der Waals surface area contributed by atoms with Crippen LogP contribution in [0.1, 0.15) is 12.8 Å². The van der Waals surface area contributed by atoms with Crippen LogP contribution in [-0.2, 0) is 19.1 Å². The lowest BCUT2D eigenvalue weighted by atomic mass is 10.3. The van der Waals surface area contributed by atoms with Gasteiger partial charge in [0, 0.05) is 32.7 Å². The van der Waals surface area contributed by atoms with Crippen LogP contribution in [0.5, 0.6) is 0 Å². The summed E-state index contributed by atoms with van der Waals surface area (Å²) in [4.78, 5) is 26.9. The number of hydrogen-bond acceptors (Lipinski definition) is 8. The molecular formula is C15H31N3O5. The number of nitrogens with one attached hydrogen (secondary N) is 1. The molecule has 0 aromatic rings. The van der Waals surface area contributed by atoms with Gasteiger partial charge in [-0.2, -0.15) is 0 Å². The molecule has 0 radical (unpaired) electrons. The van der Waals surface area contributed by atoms with Crippen LogP contribution in [0.25, 0.3) is 0 Å². The molecule has 0 rings (SSSR count). The predicted molar refractivity (Wildman–Crippen MR) is 87.2 cm³/mol. The Morgan fingerprint density at radius 3 is 2.00 bits per heavy atom. The first kappa shape index (κ1) is 21.8. The smallest absolute Gasteiger partial charge is 0.307 e. The molecule has 0 heterocycles. The molecule has 8 nitrogen and oxygen atoms in total. The van der Waals surface area contributed by atoms with Gasteiger partial charge in [0.25, 0.3) is 0 Å². The number of esters is 2. The second-order valence-corrected chi connectivity index (χ2v) is 5.41. The van der Waals surface area contributed by atoms with Gasteiger partial charge in [-0.15, -0.1) is 0 Å². The lowest BCUT2D eigenvalue weighted by Gasteiger charge is -2.20. The molecule has 0 amide bonds. The number of carbonyl (C=O) groups is 2. The Hall–Kier alpha value is -1.22. The molecule has 0 atom stereocenters. The molecule has 0 aliphatic rings. The van der Waals surface area contributed by atoms with Gasteiger partial charge in [0.05, 0.1) is 19.4 Å². The number of carbonyl (C=O) groups excluding carboxylic acids is 2. The monoisotopic (exact) mass is 333 g/mol. The fraction of sp³-hybridized carbons (Fsp3) is 0.867. The molecule has 0 fully saturated rings. The van der Waals surface area contributed by atoms with E-state index >= 15 is 0 Å². The zero-order valence-electron chi connectivity index (χ0n) is 14.5. The highest BCUT2D eigenvalue weighted by Gasteiger charge is 2.11. The van der Waals surface area contributed by atoms with Crippen LogP contribution < -0.4 is 5.32 Å². The van der Waals surface area contributed by atoms with Crippen molar-refractivity contribution in [2.75, 3.05) is 73.7 Å². The Morgan fingerprint density at radius 1 is 0.957 bits per heavy atom. The van der Waals surface area contributed by atoms with E-state index in [9.17, 15) is 9.59 Å². The zero-order chi connectivity index (χ0) is 17.5. The highest BCUT2D eigenvalue weighted by atomic mass is 16.5. The van der Waals surface area contributed by atoms with E-state index in [0.717, 1.165) is 0 Å². The molecule has 0 spiro atoms. The van der Waals surface area contributed by atoms with Crippen molar-refractivity contribution in [3.05, 3.63) is 0 Å². The van der Waals surface area contributed by atoms with Crippen LogP contribution >= 0.6 is 0 Å². The summed E-state index contributed by atoms with van der Waals surface area (Å²) in [6.07, 6.45) is 0.474. The van der Waals surface area contributed by atoms with Gasteiger partial charge >= 0.3 is 11.9 Å². The van der Waals surface area contributed by atoms with Crippen molar-refractivity contribution in [1.82, 2.24) is 15.1 Å². The number of rotatable bonds is 14. The largest absolute Gasteiger partial charge is 0.464 e. The summed E-state index contributed by atoms with van der Waals surface area (Å²) in [7, 11) is 5.60. The minimum Gasteiger partial charge on any atom is -0.464 e. The number of aliphatic hydroxyl groups excluding tert-OH is 1. The molecule has 0 aromatic carbocycles. The maximum absolute atomic E-state index is 11.6. The molecule has 0 saturated heterocycles. The van der Waals surface area contributed by atoms with Crippen LogP contribution in [0.15, 0.2) is 0 Å². The van der Waals surface area contributed by atoms with Crippen LogP contribution in [-0.4, -0.2) is 101 Å². The minimum atomic E-state index is -0.281. The van der Waals surface area contributed by atoms with Crippen LogP contribution in [0, 0.1) is 0 Å². The molecule has 136 valence electrons. The quantitative estimate of drug-likeness (QED) is 0.307. The van der Waals surface area contributed by atoms with Gasteiger partial charge in [-0.05, 0) is 21.1 Å². The molecule has 23 heavy (non-hydrogen) atoms. The lowest BCUT2D eigenvalue weighted by molar-refractivity contribution is -0.144. The van der Waals surface area contributed by atoms with Crippen LogP contribution in [0.3, 0.4) is 0 Å². The summed E-state index contributed by atoms with van der Waals surface area (Å²) in [6.45, 7) is 3.29. The second kappa shape index (κ2) is 14.4. The molecule has 0 unspecified atom stereocenters. The Kier molecular flexibility index (Phi) is 13.6. The molecule has 8 heteroatoms. The predicted octanol–water partition coefficient (Wildman–Crippen LogP) is -1.07. The van der Waals surface area contributed by atoms with Crippen LogP contribution in [0.4, 0.5) is 0 Å². The van der Waals surface area contributed by atoms with Crippen molar-refractivity contribution in [3.8, 4) is 0 Å². The number of likely N-dealkylation sites (N-methyl/N-ethyl adjacent to an activating group) is 2. The van der Waals surface area contributed by atoms with E-state index in [2.05, 4.69) is 5.32 Å². The van der Waals surface area contributed by atoms with Crippen LogP contribution in [0.2, 0.25) is 0 Å². The normalized spacial score (nSPS) is 11.0. The van der Waals surface area contributed by atoms with Gasteiger partial charge < -0.3 is 24.8 Å². The molecule has 0 aliphatic heterocycles. The number of hydrogen-bond donors (Lipinski definition) is 2. The van der Waals surface area contributed by atoms with Crippen molar-refractivity contribution in [2.24, 2.45) is 0 Å². The highest BCUT2D eigenvalue weighted by molar-refractivity contribution is 5.70. The zero-order valence-corrected chi connectivity index (χ0v) is 14.5. The van der Waals surface area contributed by atoms with E-state index in [0.29, 0.717) is 45.9 Å². The summed E-state index contributed by atoms with van der Waals surface area (Å²) >= 11 is 0. The first-order chi connectivity index (χ1) is 11.0. The fourth-order valence-corrected chi connectivity index (χ4v) is 1.73. The molecule has 0 bridgehead atoms. The van der Waals surface area contributed by atoms with E-state index in [1.807, 2.05) is 23.9 Å². The number of aliphatic hydroxyl groups is 1. The topological polar surface area (TPSA) is 91.3 Å². The summed E-state index contributed by atoms with van der Waals surface area (Å²) in [5, 5.41) is 11.9. The Bertz CT molecular complexity index is 326. The Balaban J connectivity index is 3.92. The summed E-state index contributed by atoms with van der Waals surface area (Å²) in [5.74, 6) is -0.553. The average molecular weight is 333 g/mol. The van der Waals surface area contributed by atoms with Gasteiger partial charge in [-0.3, -0.25) is 14.5 Å². The average Bonchev–Trinajstić information content (AvgIpc) is 2.50. The maximum Gasteiger partial charge on any atom is 0.307 e. The van der Waals surface area contributed by atoms with Gasteiger partial charge in [0.15, 0.2) is 0 Å². The third-order valence-corrected chi connectivity index (χ3v) is 3.10. The SMILES string of the molecule is CNCCOC(=O)CCN(CCO)CCC(=O)OCCN(C)C. The summed E-state index contributed by atoms with van der Waals surface area (Å²) < 4.78 is 10.1. The minimum absolute atomic E-state index is 0.0233. The van der Waals surface area contributed by atoms with Crippen molar-refractivity contribution >= 4 is 11.9 Å². The number of nitrogens with zero attached hydrogens (tertiary/aromatic N) is 2. The van der Waals surface area contributed by atoms with Crippen molar-refractivity contribution in [3.63, 3.8) is 0 Å². The van der Waals surface area contributed by atoms with E-state index in [-0.39, 0.29) is 31.4 Å². The van der Waals surface area contributed by atoms with E-state index < -0.39 is 0 Å². The second-order valence-electron chi connectivity index (χ2n) is 5.41. The molecule has 0 saturated carbocycles. The fourth-order valence-electron chi connectivity index (χ4n) is 1.73. The van der Waals surface area contributed by atoms with Crippen molar-refractivity contribution in [1.29, 1.82) is 0 Å². The third kappa shape index (κ3) is 14.1. The molecule has 0 aliphatic carbocycles. The lowest BCUT2D eigenvalue weighted by Crippen LogP contribution is -2.32. The summed E-state index contributed by atoms with van der Waals surface area (Å²) in [5.41, 5.74) is 0. The first-order valence-corrected chi connectivity index (χ1v) is 7.93. The third-order valence-electron chi connectivity index (χ3n) is 3.10. The van der Waals surface area contributed by atoms with Gasteiger partial charge in [-0.1, -0.05) is 0 Å². The number of ether oxygens (including phenoxy) is 2. The summed E-state index contributed by atoms with van der Waals surface area (Å²) in [6, 6.07) is 0. The maximum atomic E-state index is 11.6. The van der Waals surface area contributed by atoms with Gasteiger partial charge in [0.1, 0.15) is 13.2 Å². The van der Waals surface area contributed by atoms with E-state index in [4.69, 9.17) is 14.6 Å². The highest BCUT2D eigenvalue weighted by Crippen LogP contribution is 1.98. The van der Waals surface area contributed by atoms with E-state index in [1.54, 1.807) is 7.05 Å².